The third-order valence-electron chi connectivity index (χ3n) is 4.36. The lowest BCUT2D eigenvalue weighted by atomic mass is 9.90. The highest BCUT2D eigenvalue weighted by atomic mass is 16.5. The molecule has 0 aliphatic carbocycles. The summed E-state index contributed by atoms with van der Waals surface area (Å²) in [6.07, 6.45) is 2.06. The van der Waals surface area contributed by atoms with Crippen molar-refractivity contribution in [3.63, 3.8) is 0 Å². The molecule has 2 amide bonds. The van der Waals surface area contributed by atoms with Crippen LogP contribution in [0.25, 0.3) is 0 Å². The van der Waals surface area contributed by atoms with Crippen LogP contribution in [-0.2, 0) is 4.79 Å². The Kier molecular flexibility index (Phi) is 4.75. The number of aromatic nitrogens is 2. The van der Waals surface area contributed by atoms with Gasteiger partial charge in [0.05, 0.1) is 5.41 Å². The van der Waals surface area contributed by atoms with Crippen LogP contribution in [0.15, 0.2) is 36.5 Å². The second-order valence-corrected chi connectivity index (χ2v) is 6.57. The molecule has 8 nitrogen and oxygen atoms in total. The first-order valence-corrected chi connectivity index (χ1v) is 8.23. The van der Waals surface area contributed by atoms with Crippen LogP contribution in [0.5, 0.6) is 11.8 Å². The number of ether oxygens (including phenoxy) is 1. The van der Waals surface area contributed by atoms with Gasteiger partial charge in [0.15, 0.2) is 0 Å². The van der Waals surface area contributed by atoms with Crippen molar-refractivity contribution in [1.29, 1.82) is 0 Å². The summed E-state index contributed by atoms with van der Waals surface area (Å²) in [7, 11) is 0. The van der Waals surface area contributed by atoms with E-state index in [9.17, 15) is 14.7 Å². The average molecular weight is 356 g/mol. The van der Waals surface area contributed by atoms with Crippen LogP contribution in [-0.4, -0.2) is 45.1 Å². The van der Waals surface area contributed by atoms with E-state index in [-0.39, 0.29) is 18.6 Å². The van der Waals surface area contributed by atoms with Gasteiger partial charge >= 0.3 is 18.0 Å². The molecule has 8 heteroatoms. The number of aryl methyl sites for hydroxylation is 1. The highest BCUT2D eigenvalue weighted by Crippen LogP contribution is 2.30. The fourth-order valence-corrected chi connectivity index (χ4v) is 2.70. The predicted octanol–water partition coefficient (Wildman–Crippen LogP) is 2.91. The van der Waals surface area contributed by atoms with Crippen LogP contribution in [0.4, 0.5) is 10.5 Å². The summed E-state index contributed by atoms with van der Waals surface area (Å²) in [4.78, 5) is 33.3. The Bertz CT molecular complexity index is 824. The van der Waals surface area contributed by atoms with Crippen LogP contribution >= 0.6 is 0 Å². The van der Waals surface area contributed by atoms with Gasteiger partial charge in [-0.1, -0.05) is 0 Å². The van der Waals surface area contributed by atoms with Gasteiger partial charge in [-0.15, -0.1) is 0 Å². The summed E-state index contributed by atoms with van der Waals surface area (Å²) in [5, 5.41) is 12.0. The van der Waals surface area contributed by atoms with Gasteiger partial charge in [0.2, 0.25) is 0 Å². The molecule has 1 atom stereocenters. The molecule has 3 rings (SSSR count). The topological polar surface area (TPSA) is 105 Å². The van der Waals surface area contributed by atoms with Crippen molar-refractivity contribution < 1.29 is 19.4 Å². The van der Waals surface area contributed by atoms with E-state index in [1.807, 2.05) is 6.92 Å². The largest absolute Gasteiger partial charge is 0.481 e. The van der Waals surface area contributed by atoms with E-state index < -0.39 is 11.4 Å². The van der Waals surface area contributed by atoms with Gasteiger partial charge in [-0.25, -0.2) is 14.8 Å². The van der Waals surface area contributed by atoms with Gasteiger partial charge in [-0.3, -0.25) is 4.79 Å². The number of carboxylic acids is 1. The molecule has 1 aliphatic heterocycles. The highest BCUT2D eigenvalue weighted by Gasteiger charge is 2.42. The number of benzene rings is 1. The number of hydrogen-bond acceptors (Lipinski definition) is 5. The molecule has 1 saturated heterocycles. The number of rotatable bonds is 4. The summed E-state index contributed by atoms with van der Waals surface area (Å²) in [5.41, 5.74) is 0.511. The van der Waals surface area contributed by atoms with Crippen LogP contribution in [0.3, 0.4) is 0 Å². The minimum atomic E-state index is -0.886. The van der Waals surface area contributed by atoms with Crippen molar-refractivity contribution >= 4 is 17.7 Å². The molecule has 26 heavy (non-hydrogen) atoms. The van der Waals surface area contributed by atoms with Gasteiger partial charge in [-0.05, 0) is 50.6 Å². The van der Waals surface area contributed by atoms with Crippen molar-refractivity contribution in [1.82, 2.24) is 14.9 Å². The molecule has 1 unspecified atom stereocenters. The molecule has 0 bridgehead atoms. The standard InChI is InChI=1S/C18H20N4O4/c1-12-7-9-19-16(20-12)26-14-5-3-13(4-6-14)21-17(25)22-10-8-18(2,11-22)15(23)24/h3-7,9H,8,10-11H2,1-2H3,(H,21,25)(H,23,24). The Balaban J connectivity index is 1.59. The van der Waals surface area contributed by atoms with Crippen molar-refractivity contribution in [3.8, 4) is 11.8 Å². The molecule has 1 aromatic heterocycles. The smallest absolute Gasteiger partial charge is 0.322 e. The first-order chi connectivity index (χ1) is 12.4. The van der Waals surface area contributed by atoms with Gasteiger partial charge in [0.25, 0.3) is 0 Å². The summed E-state index contributed by atoms with van der Waals surface area (Å²) in [5.74, 6) is -0.333. The molecule has 2 aromatic rings. The maximum atomic E-state index is 12.3. The molecule has 1 fully saturated rings. The van der Waals surface area contributed by atoms with Crippen LogP contribution in [0, 0.1) is 12.3 Å². The average Bonchev–Trinajstić information content (AvgIpc) is 3.01. The Morgan fingerprint density at radius 2 is 2.00 bits per heavy atom. The molecule has 0 radical (unpaired) electrons. The highest BCUT2D eigenvalue weighted by molar-refractivity contribution is 5.90. The minimum absolute atomic E-state index is 0.195. The lowest BCUT2D eigenvalue weighted by molar-refractivity contribution is -0.146. The number of carboxylic acid groups (broad SMARTS) is 1. The van der Waals surface area contributed by atoms with E-state index in [2.05, 4.69) is 15.3 Å². The minimum Gasteiger partial charge on any atom is -0.481 e. The van der Waals surface area contributed by atoms with E-state index in [1.165, 1.54) is 4.90 Å². The molecule has 1 aliphatic rings. The molecule has 2 heterocycles. The summed E-state index contributed by atoms with van der Waals surface area (Å²) < 4.78 is 5.56. The number of carbonyl (C=O) groups excluding carboxylic acids is 1. The summed E-state index contributed by atoms with van der Waals surface area (Å²) >= 11 is 0. The Hall–Kier alpha value is -3.16. The van der Waals surface area contributed by atoms with Crippen LogP contribution in [0.2, 0.25) is 0 Å². The van der Waals surface area contributed by atoms with E-state index in [0.717, 1.165) is 5.69 Å². The third-order valence-corrected chi connectivity index (χ3v) is 4.36. The number of anilines is 1. The third kappa shape index (κ3) is 3.90. The normalized spacial score (nSPS) is 19.2. The lowest BCUT2D eigenvalue weighted by Gasteiger charge is -2.20. The zero-order valence-corrected chi connectivity index (χ0v) is 14.6. The maximum absolute atomic E-state index is 12.3. The van der Waals surface area contributed by atoms with Crippen LogP contribution in [0.1, 0.15) is 19.0 Å². The Morgan fingerprint density at radius 3 is 2.62 bits per heavy atom. The monoisotopic (exact) mass is 356 g/mol. The molecule has 1 aromatic carbocycles. The SMILES string of the molecule is Cc1ccnc(Oc2ccc(NC(=O)N3CCC(C)(C(=O)O)C3)cc2)n1. The zero-order valence-electron chi connectivity index (χ0n) is 14.6. The fraction of sp³-hybridized carbons (Fsp3) is 0.333. The number of amides is 2. The van der Waals surface area contributed by atoms with Gasteiger partial charge in [0, 0.05) is 30.7 Å². The molecular weight excluding hydrogens is 336 g/mol. The molecule has 0 saturated carbocycles. The van der Waals surface area contributed by atoms with Crippen molar-refractivity contribution in [3.05, 3.63) is 42.2 Å². The van der Waals surface area contributed by atoms with Crippen molar-refractivity contribution in [2.24, 2.45) is 5.41 Å². The first kappa shape index (κ1) is 17.7. The number of carbonyl (C=O) groups is 2. The van der Waals surface area contributed by atoms with E-state index in [0.29, 0.717) is 24.4 Å². The van der Waals surface area contributed by atoms with Gasteiger partial charge in [-0.2, -0.15) is 0 Å². The number of nitrogens with zero attached hydrogens (tertiary/aromatic N) is 3. The zero-order chi connectivity index (χ0) is 18.7. The Morgan fingerprint density at radius 1 is 1.27 bits per heavy atom. The van der Waals surface area contributed by atoms with Crippen LogP contribution < -0.4 is 10.1 Å². The van der Waals surface area contributed by atoms with Gasteiger partial charge < -0.3 is 20.1 Å². The van der Waals surface area contributed by atoms with Gasteiger partial charge in [0.1, 0.15) is 5.75 Å². The Labute approximate surface area is 150 Å². The number of aliphatic carboxylic acids is 1. The van der Waals surface area contributed by atoms with Crippen molar-refractivity contribution in [2.45, 2.75) is 20.3 Å². The molecule has 136 valence electrons. The van der Waals surface area contributed by atoms with E-state index in [4.69, 9.17) is 4.74 Å². The molecule has 2 N–H and O–H groups in total. The first-order valence-electron chi connectivity index (χ1n) is 8.23. The number of hydrogen-bond donors (Lipinski definition) is 2. The molecular formula is C18H20N4O4. The number of likely N-dealkylation sites (tertiary alicyclic amines) is 1. The summed E-state index contributed by atoms with van der Waals surface area (Å²) in [6, 6.07) is 8.53. The maximum Gasteiger partial charge on any atom is 0.322 e. The fourth-order valence-electron chi connectivity index (χ4n) is 2.70. The van der Waals surface area contributed by atoms with E-state index in [1.54, 1.807) is 43.5 Å². The lowest BCUT2D eigenvalue weighted by Crippen LogP contribution is -2.37. The molecule has 0 spiro atoms. The number of nitrogens with one attached hydrogen (secondary N) is 1. The number of urea groups is 1. The second-order valence-electron chi connectivity index (χ2n) is 6.57. The van der Waals surface area contributed by atoms with E-state index >= 15 is 0 Å². The predicted molar refractivity (Wildman–Crippen MR) is 94.2 cm³/mol. The second kappa shape index (κ2) is 6.99. The summed E-state index contributed by atoms with van der Waals surface area (Å²) in [6.45, 7) is 4.11. The quantitative estimate of drug-likeness (QED) is 0.873. The van der Waals surface area contributed by atoms with Crippen molar-refractivity contribution in [2.75, 3.05) is 18.4 Å².